The molecule has 0 bridgehead atoms. The maximum Gasteiger partial charge on any atom is 0.173 e. The number of benzene rings is 3. The van der Waals surface area contributed by atoms with Crippen molar-refractivity contribution in [1.29, 1.82) is 0 Å². The summed E-state index contributed by atoms with van der Waals surface area (Å²) in [5.41, 5.74) is 2.77. The van der Waals surface area contributed by atoms with Crippen LogP contribution in [0.1, 0.15) is 47.6 Å². The zero-order valence-electron chi connectivity index (χ0n) is 19.0. The Balaban J connectivity index is 1.63. The summed E-state index contributed by atoms with van der Waals surface area (Å²) in [6.07, 6.45) is 0. The topological polar surface area (TPSA) is 36.6 Å². The number of hydrogen-bond donors (Lipinski definition) is 1. The molecule has 0 radical (unpaired) electrons. The van der Waals surface area contributed by atoms with E-state index in [2.05, 4.69) is 49.9 Å². The normalized spacial score (nSPS) is 11.9. The van der Waals surface area contributed by atoms with Gasteiger partial charge in [0.05, 0.1) is 6.54 Å². The number of furan rings is 1. The highest BCUT2D eigenvalue weighted by molar-refractivity contribution is 5.43. The van der Waals surface area contributed by atoms with Gasteiger partial charge in [0, 0.05) is 12.6 Å². The molecule has 0 saturated heterocycles. The lowest BCUT2D eigenvalue weighted by atomic mass is 9.84. The molecule has 0 aliphatic heterocycles. The van der Waals surface area contributed by atoms with Crippen LogP contribution in [0.5, 0.6) is 0 Å². The SMILES string of the molecule is Cc1ccc(CN(Cc2ccc(C(O)(c3ccccc3)c3ccccc3)o2)C(C)C)cc1. The molecule has 32 heavy (non-hydrogen) atoms. The van der Waals surface area contributed by atoms with Crippen LogP contribution in [-0.4, -0.2) is 16.0 Å². The number of rotatable bonds is 8. The maximum atomic E-state index is 11.9. The summed E-state index contributed by atoms with van der Waals surface area (Å²) in [4.78, 5) is 2.37. The van der Waals surface area contributed by atoms with Gasteiger partial charge in [0.25, 0.3) is 0 Å². The Morgan fingerprint density at radius 2 is 1.31 bits per heavy atom. The first kappa shape index (κ1) is 22.1. The van der Waals surface area contributed by atoms with Crippen LogP contribution in [-0.2, 0) is 18.7 Å². The second-order valence-electron chi connectivity index (χ2n) is 8.69. The van der Waals surface area contributed by atoms with E-state index in [0.29, 0.717) is 18.3 Å². The van der Waals surface area contributed by atoms with Crippen molar-refractivity contribution in [3.05, 3.63) is 131 Å². The standard InChI is InChI=1S/C29H31NO2/c1-22(2)30(20-24-16-14-23(3)15-17-24)21-27-18-19-28(32-27)29(31,25-10-6-4-7-11-25)26-12-8-5-9-13-26/h4-19,22,31H,20-21H2,1-3H3. The van der Waals surface area contributed by atoms with Gasteiger partial charge < -0.3 is 9.52 Å². The Morgan fingerprint density at radius 1 is 0.750 bits per heavy atom. The predicted molar refractivity (Wildman–Crippen MR) is 129 cm³/mol. The first-order valence-corrected chi connectivity index (χ1v) is 11.2. The molecule has 1 heterocycles. The van der Waals surface area contributed by atoms with Gasteiger partial charge in [-0.2, -0.15) is 0 Å². The Labute approximate surface area is 191 Å². The van der Waals surface area contributed by atoms with Gasteiger partial charge in [-0.1, -0.05) is 90.5 Å². The highest BCUT2D eigenvalue weighted by atomic mass is 16.4. The van der Waals surface area contributed by atoms with Gasteiger partial charge in [0.2, 0.25) is 0 Å². The van der Waals surface area contributed by atoms with Crippen molar-refractivity contribution in [2.75, 3.05) is 0 Å². The van der Waals surface area contributed by atoms with E-state index in [4.69, 9.17) is 4.42 Å². The van der Waals surface area contributed by atoms with Gasteiger partial charge in [-0.3, -0.25) is 4.90 Å². The summed E-state index contributed by atoms with van der Waals surface area (Å²) < 4.78 is 6.30. The summed E-state index contributed by atoms with van der Waals surface area (Å²) >= 11 is 0. The zero-order valence-corrected chi connectivity index (χ0v) is 19.0. The molecule has 3 nitrogen and oxygen atoms in total. The molecule has 4 rings (SSSR count). The summed E-state index contributed by atoms with van der Waals surface area (Å²) in [6, 6.07) is 32.3. The number of aliphatic hydroxyl groups is 1. The fourth-order valence-electron chi connectivity index (χ4n) is 4.02. The van der Waals surface area contributed by atoms with E-state index in [9.17, 15) is 5.11 Å². The van der Waals surface area contributed by atoms with Crippen LogP contribution in [0.15, 0.2) is 101 Å². The molecule has 1 N–H and O–H groups in total. The van der Waals surface area contributed by atoms with Crippen molar-refractivity contribution in [3.63, 3.8) is 0 Å². The smallest absolute Gasteiger partial charge is 0.173 e. The van der Waals surface area contributed by atoms with Crippen molar-refractivity contribution in [2.45, 2.75) is 45.5 Å². The third-order valence-corrected chi connectivity index (χ3v) is 6.00. The molecule has 4 aromatic rings. The molecule has 0 saturated carbocycles. The van der Waals surface area contributed by atoms with Crippen LogP contribution < -0.4 is 0 Å². The minimum Gasteiger partial charge on any atom is -0.461 e. The molecular formula is C29H31NO2. The summed E-state index contributed by atoms with van der Waals surface area (Å²) in [6.45, 7) is 8.01. The predicted octanol–water partition coefficient (Wildman–Crippen LogP) is 6.28. The summed E-state index contributed by atoms with van der Waals surface area (Å²) in [5.74, 6) is 1.37. The molecule has 3 heteroatoms. The average molecular weight is 426 g/mol. The molecule has 0 aliphatic carbocycles. The van der Waals surface area contributed by atoms with Gasteiger partial charge in [0.1, 0.15) is 11.5 Å². The fraction of sp³-hybridized carbons (Fsp3) is 0.241. The lowest BCUT2D eigenvalue weighted by Gasteiger charge is -2.28. The molecule has 1 aromatic heterocycles. The summed E-state index contributed by atoms with van der Waals surface area (Å²) in [7, 11) is 0. The molecule has 164 valence electrons. The van der Waals surface area contributed by atoms with Crippen molar-refractivity contribution >= 4 is 0 Å². The lowest BCUT2D eigenvalue weighted by Crippen LogP contribution is -2.30. The van der Waals surface area contributed by atoms with Crippen LogP contribution in [0.4, 0.5) is 0 Å². The van der Waals surface area contributed by atoms with Crippen molar-refractivity contribution < 1.29 is 9.52 Å². The molecule has 0 unspecified atom stereocenters. The number of aryl methyl sites for hydroxylation is 1. The third-order valence-electron chi connectivity index (χ3n) is 6.00. The van der Waals surface area contributed by atoms with Crippen LogP contribution in [0.3, 0.4) is 0 Å². The van der Waals surface area contributed by atoms with E-state index in [-0.39, 0.29) is 0 Å². The van der Waals surface area contributed by atoms with E-state index < -0.39 is 5.60 Å². The Morgan fingerprint density at radius 3 is 1.84 bits per heavy atom. The second kappa shape index (κ2) is 9.56. The largest absolute Gasteiger partial charge is 0.461 e. The van der Waals surface area contributed by atoms with Crippen molar-refractivity contribution in [2.24, 2.45) is 0 Å². The average Bonchev–Trinajstić information content (AvgIpc) is 3.30. The maximum absolute atomic E-state index is 11.9. The van der Waals surface area contributed by atoms with Crippen LogP contribution in [0.25, 0.3) is 0 Å². The van der Waals surface area contributed by atoms with Crippen LogP contribution in [0, 0.1) is 6.92 Å². The Hall–Kier alpha value is -3.14. The Kier molecular flexibility index (Phi) is 6.59. The van der Waals surface area contributed by atoms with Gasteiger partial charge in [0.15, 0.2) is 5.60 Å². The minimum absolute atomic E-state index is 0.354. The highest BCUT2D eigenvalue weighted by Crippen LogP contribution is 2.37. The quantitative estimate of drug-likeness (QED) is 0.361. The molecule has 0 amide bonds. The van der Waals surface area contributed by atoms with E-state index in [1.54, 1.807) is 0 Å². The monoisotopic (exact) mass is 425 g/mol. The molecule has 3 aromatic carbocycles. The first-order chi connectivity index (χ1) is 15.5. The van der Waals surface area contributed by atoms with E-state index in [1.807, 2.05) is 72.8 Å². The third kappa shape index (κ3) is 4.69. The molecular weight excluding hydrogens is 394 g/mol. The van der Waals surface area contributed by atoms with Crippen molar-refractivity contribution in [1.82, 2.24) is 4.90 Å². The van der Waals surface area contributed by atoms with E-state index in [0.717, 1.165) is 23.4 Å². The number of hydrogen-bond acceptors (Lipinski definition) is 3. The van der Waals surface area contributed by atoms with E-state index in [1.165, 1.54) is 11.1 Å². The fourth-order valence-corrected chi connectivity index (χ4v) is 4.02. The minimum atomic E-state index is -1.35. The molecule has 0 fully saturated rings. The van der Waals surface area contributed by atoms with Crippen LogP contribution in [0.2, 0.25) is 0 Å². The second-order valence-corrected chi connectivity index (χ2v) is 8.69. The first-order valence-electron chi connectivity index (χ1n) is 11.2. The van der Waals surface area contributed by atoms with E-state index >= 15 is 0 Å². The zero-order chi connectivity index (χ0) is 22.6. The molecule has 0 atom stereocenters. The van der Waals surface area contributed by atoms with Crippen molar-refractivity contribution in [3.8, 4) is 0 Å². The molecule has 0 spiro atoms. The highest BCUT2D eigenvalue weighted by Gasteiger charge is 2.37. The van der Waals surface area contributed by atoms with Gasteiger partial charge in [-0.25, -0.2) is 0 Å². The number of nitrogens with zero attached hydrogens (tertiary/aromatic N) is 1. The Bertz CT molecular complexity index is 1080. The van der Waals surface area contributed by atoms with Crippen LogP contribution >= 0.6 is 0 Å². The van der Waals surface area contributed by atoms with Gasteiger partial charge >= 0.3 is 0 Å². The molecule has 0 aliphatic rings. The van der Waals surface area contributed by atoms with Gasteiger partial charge in [-0.05, 0) is 49.6 Å². The summed E-state index contributed by atoms with van der Waals surface area (Å²) in [5, 5.41) is 11.9. The lowest BCUT2D eigenvalue weighted by molar-refractivity contribution is 0.0941. The van der Waals surface area contributed by atoms with Gasteiger partial charge in [-0.15, -0.1) is 0 Å².